The molecule has 0 bridgehead atoms. The van der Waals surface area contributed by atoms with Crippen molar-refractivity contribution in [1.29, 1.82) is 0 Å². The highest BCUT2D eigenvalue weighted by molar-refractivity contribution is 5.86. The maximum absolute atomic E-state index is 11.1. The second-order valence-electron chi connectivity index (χ2n) is 6.02. The predicted octanol–water partition coefficient (Wildman–Crippen LogP) is 3.63. The number of nitrogens with zero attached hydrogens (tertiary/aromatic N) is 1. The lowest BCUT2D eigenvalue weighted by atomic mass is 9.98. The highest BCUT2D eigenvalue weighted by Gasteiger charge is 2.24. The van der Waals surface area contributed by atoms with Gasteiger partial charge in [-0.25, -0.2) is 4.79 Å². The quantitative estimate of drug-likeness (QED) is 0.909. The molecule has 1 saturated heterocycles. The second kappa shape index (κ2) is 6.36. The zero-order valence-electron chi connectivity index (χ0n) is 12.8. The number of rotatable bonds is 3. The van der Waals surface area contributed by atoms with Crippen LogP contribution < -0.4 is 5.32 Å². The fourth-order valence-electron chi connectivity index (χ4n) is 3.36. The van der Waals surface area contributed by atoms with Gasteiger partial charge in [0.1, 0.15) is 0 Å². The van der Waals surface area contributed by atoms with E-state index in [0.717, 1.165) is 12.8 Å². The molecule has 1 amide bonds. The Morgan fingerprint density at radius 2 is 2.05 bits per heavy atom. The summed E-state index contributed by atoms with van der Waals surface area (Å²) in [7, 11) is 0. The molecule has 3 rings (SSSR count). The van der Waals surface area contributed by atoms with Gasteiger partial charge < -0.3 is 15.3 Å². The van der Waals surface area contributed by atoms with Crippen LogP contribution in [0.15, 0.2) is 42.5 Å². The van der Waals surface area contributed by atoms with Gasteiger partial charge in [0, 0.05) is 25.2 Å². The lowest BCUT2D eigenvalue weighted by Gasteiger charge is -2.33. The standard InChI is InChI=1S/C18H22N2O2/c1-13(19-15-8-5-11-20(12-15)18(21)22)16-10-4-7-14-6-2-3-9-17(14)16/h2-4,6-7,9-10,13,15,19H,5,8,11-12H2,1H3,(H,21,22)/t13-,15-/m1/s1. The average molecular weight is 298 g/mol. The maximum atomic E-state index is 11.1. The first-order valence-electron chi connectivity index (χ1n) is 7.87. The molecule has 0 saturated carbocycles. The lowest BCUT2D eigenvalue weighted by molar-refractivity contribution is 0.124. The van der Waals surface area contributed by atoms with Crippen LogP contribution in [0.2, 0.25) is 0 Å². The normalized spacial score (nSPS) is 20.0. The molecule has 0 radical (unpaired) electrons. The van der Waals surface area contributed by atoms with Crippen LogP contribution >= 0.6 is 0 Å². The van der Waals surface area contributed by atoms with Gasteiger partial charge in [-0.2, -0.15) is 0 Å². The van der Waals surface area contributed by atoms with E-state index < -0.39 is 6.09 Å². The molecule has 1 heterocycles. The summed E-state index contributed by atoms with van der Waals surface area (Å²) >= 11 is 0. The highest BCUT2D eigenvalue weighted by atomic mass is 16.4. The lowest BCUT2D eigenvalue weighted by Crippen LogP contribution is -2.48. The highest BCUT2D eigenvalue weighted by Crippen LogP contribution is 2.25. The Labute approximate surface area is 130 Å². The van der Waals surface area contributed by atoms with E-state index in [4.69, 9.17) is 5.11 Å². The van der Waals surface area contributed by atoms with Gasteiger partial charge in [-0.1, -0.05) is 42.5 Å². The van der Waals surface area contributed by atoms with Crippen LogP contribution in [-0.4, -0.2) is 35.2 Å². The van der Waals surface area contributed by atoms with E-state index in [-0.39, 0.29) is 12.1 Å². The van der Waals surface area contributed by atoms with Crippen LogP contribution in [0.3, 0.4) is 0 Å². The molecule has 2 aromatic rings. The van der Waals surface area contributed by atoms with Crippen molar-refractivity contribution in [2.75, 3.05) is 13.1 Å². The van der Waals surface area contributed by atoms with Gasteiger partial charge >= 0.3 is 6.09 Å². The zero-order valence-corrected chi connectivity index (χ0v) is 12.8. The van der Waals surface area contributed by atoms with Crippen molar-refractivity contribution in [2.45, 2.75) is 31.8 Å². The first-order chi connectivity index (χ1) is 10.6. The number of carboxylic acid groups (broad SMARTS) is 1. The molecule has 2 N–H and O–H groups in total. The van der Waals surface area contributed by atoms with Crippen molar-refractivity contribution in [2.24, 2.45) is 0 Å². The summed E-state index contributed by atoms with van der Waals surface area (Å²) in [6.07, 6.45) is 1.13. The van der Waals surface area contributed by atoms with Crippen LogP contribution in [0.1, 0.15) is 31.4 Å². The third-order valence-corrected chi connectivity index (χ3v) is 4.47. The number of nitrogens with one attached hydrogen (secondary N) is 1. The largest absolute Gasteiger partial charge is 0.465 e. The number of hydrogen-bond acceptors (Lipinski definition) is 2. The molecule has 4 nitrogen and oxygen atoms in total. The first-order valence-corrected chi connectivity index (χ1v) is 7.87. The summed E-state index contributed by atoms with van der Waals surface area (Å²) < 4.78 is 0. The Bertz CT molecular complexity index is 666. The molecule has 0 aliphatic carbocycles. The van der Waals surface area contributed by atoms with Crippen molar-refractivity contribution in [3.05, 3.63) is 48.0 Å². The van der Waals surface area contributed by atoms with Crippen LogP contribution in [0, 0.1) is 0 Å². The van der Waals surface area contributed by atoms with Crippen molar-refractivity contribution in [1.82, 2.24) is 10.2 Å². The average Bonchev–Trinajstić information content (AvgIpc) is 2.54. The molecule has 0 aromatic heterocycles. The van der Waals surface area contributed by atoms with E-state index in [9.17, 15) is 4.79 Å². The van der Waals surface area contributed by atoms with Crippen molar-refractivity contribution < 1.29 is 9.90 Å². The Morgan fingerprint density at radius 1 is 1.27 bits per heavy atom. The van der Waals surface area contributed by atoms with Crippen LogP contribution in [0.4, 0.5) is 4.79 Å². The molecular formula is C18H22N2O2. The van der Waals surface area contributed by atoms with Gasteiger partial charge in [-0.3, -0.25) is 0 Å². The van der Waals surface area contributed by atoms with Gasteiger partial charge in [-0.05, 0) is 36.1 Å². The maximum Gasteiger partial charge on any atom is 0.407 e. The van der Waals surface area contributed by atoms with E-state index in [1.165, 1.54) is 21.2 Å². The fraction of sp³-hybridized carbons (Fsp3) is 0.389. The number of fused-ring (bicyclic) bond motifs is 1. The van der Waals surface area contributed by atoms with Crippen molar-refractivity contribution in [3.8, 4) is 0 Å². The van der Waals surface area contributed by atoms with E-state index in [1.54, 1.807) is 0 Å². The Morgan fingerprint density at radius 3 is 2.86 bits per heavy atom. The van der Waals surface area contributed by atoms with Gasteiger partial charge in [0.15, 0.2) is 0 Å². The number of benzene rings is 2. The van der Waals surface area contributed by atoms with E-state index in [1.807, 2.05) is 0 Å². The Kier molecular flexibility index (Phi) is 4.29. The molecule has 22 heavy (non-hydrogen) atoms. The molecule has 0 spiro atoms. The van der Waals surface area contributed by atoms with Crippen LogP contribution in [0.25, 0.3) is 10.8 Å². The van der Waals surface area contributed by atoms with Crippen LogP contribution in [0.5, 0.6) is 0 Å². The summed E-state index contributed by atoms with van der Waals surface area (Å²) in [6.45, 7) is 3.38. The van der Waals surface area contributed by atoms with Gasteiger partial charge in [0.2, 0.25) is 0 Å². The molecule has 2 aromatic carbocycles. The van der Waals surface area contributed by atoms with E-state index in [0.29, 0.717) is 13.1 Å². The Hall–Kier alpha value is -2.07. The molecule has 4 heteroatoms. The number of hydrogen-bond donors (Lipinski definition) is 2. The van der Waals surface area contributed by atoms with Gasteiger partial charge in [-0.15, -0.1) is 0 Å². The number of carbonyl (C=O) groups is 1. The second-order valence-corrected chi connectivity index (χ2v) is 6.02. The minimum absolute atomic E-state index is 0.199. The summed E-state index contributed by atoms with van der Waals surface area (Å²) in [5.41, 5.74) is 1.27. The van der Waals surface area contributed by atoms with Gasteiger partial charge in [0.25, 0.3) is 0 Å². The molecule has 1 aliphatic heterocycles. The predicted molar refractivity (Wildman–Crippen MR) is 88.1 cm³/mol. The zero-order chi connectivity index (χ0) is 15.5. The van der Waals surface area contributed by atoms with Crippen LogP contribution in [-0.2, 0) is 0 Å². The summed E-state index contributed by atoms with van der Waals surface area (Å²) in [5.74, 6) is 0. The molecule has 2 atom stereocenters. The van der Waals surface area contributed by atoms with E-state index >= 15 is 0 Å². The smallest absolute Gasteiger partial charge is 0.407 e. The topological polar surface area (TPSA) is 52.6 Å². The number of amides is 1. The molecule has 116 valence electrons. The third kappa shape index (κ3) is 3.07. The van der Waals surface area contributed by atoms with Crippen molar-refractivity contribution in [3.63, 3.8) is 0 Å². The minimum Gasteiger partial charge on any atom is -0.465 e. The molecule has 0 unspecified atom stereocenters. The monoisotopic (exact) mass is 298 g/mol. The van der Waals surface area contributed by atoms with Gasteiger partial charge in [0.05, 0.1) is 0 Å². The number of likely N-dealkylation sites (tertiary alicyclic amines) is 1. The molecular weight excluding hydrogens is 276 g/mol. The minimum atomic E-state index is -0.815. The molecule has 1 aliphatic rings. The first kappa shape index (κ1) is 14.9. The number of piperidine rings is 1. The summed E-state index contributed by atoms with van der Waals surface area (Å²) in [6, 6.07) is 15.2. The SMILES string of the molecule is C[C@@H](N[C@@H]1CCCN(C(=O)O)C1)c1cccc2ccccc12. The summed E-state index contributed by atoms with van der Waals surface area (Å²) in [5, 5.41) is 15.3. The third-order valence-electron chi connectivity index (χ3n) is 4.47. The van der Waals surface area contributed by atoms with E-state index in [2.05, 4.69) is 54.7 Å². The Balaban J connectivity index is 1.76. The fourth-order valence-corrected chi connectivity index (χ4v) is 3.36. The summed E-state index contributed by atoms with van der Waals surface area (Å²) in [4.78, 5) is 12.6. The van der Waals surface area contributed by atoms with Crippen molar-refractivity contribution >= 4 is 16.9 Å². The molecule has 1 fully saturated rings.